The lowest BCUT2D eigenvalue weighted by Crippen LogP contribution is -2.63. The highest BCUT2D eigenvalue weighted by Gasteiger charge is 2.42. The number of hydrogen-bond acceptors (Lipinski definition) is 4. The van der Waals surface area contributed by atoms with Crippen LogP contribution in [-0.4, -0.2) is 54.9 Å². The number of methoxy groups -OCH3 is 1. The van der Waals surface area contributed by atoms with Crippen molar-refractivity contribution in [2.75, 3.05) is 21.2 Å². The molecule has 6 nitrogen and oxygen atoms in total. The van der Waals surface area contributed by atoms with Crippen LogP contribution in [0.4, 0.5) is 0 Å². The number of nitrogens with zero attached hydrogens (tertiary/aromatic N) is 3. The smallest absolute Gasteiger partial charge is 0.246 e. The molecule has 1 fully saturated rings. The molecule has 3 rings (SSSR count). The molecule has 2 aromatic carbocycles. The Labute approximate surface area is 164 Å². The quantitative estimate of drug-likeness (QED) is 0.799. The molecular formula is C22H23N3O3. The van der Waals surface area contributed by atoms with Gasteiger partial charge in [0.1, 0.15) is 17.8 Å². The molecule has 2 atom stereocenters. The van der Waals surface area contributed by atoms with Gasteiger partial charge in [-0.1, -0.05) is 36.4 Å². The number of amides is 2. The number of carbonyl (C=O) groups is 2. The standard InChI is InChI=1S/C22H23N3O3/c1-24-18(12-15-8-5-4-6-9-15)21(26)25(2)19(22(24)27)13-17-16(14-23)10-7-11-20(17)28-3/h4-11,18-19H,12-13H2,1-3H3. The van der Waals surface area contributed by atoms with Gasteiger partial charge in [-0.05, 0) is 17.7 Å². The van der Waals surface area contributed by atoms with Gasteiger partial charge in [0, 0.05) is 32.5 Å². The van der Waals surface area contributed by atoms with Crippen LogP contribution in [0, 0.1) is 11.3 Å². The molecule has 2 aromatic rings. The normalized spacial score (nSPS) is 19.5. The average molecular weight is 377 g/mol. The SMILES string of the molecule is COc1cccc(C#N)c1CC1C(=O)N(C)C(Cc2ccccc2)C(=O)N1C. The Bertz CT molecular complexity index is 920. The molecule has 0 saturated carbocycles. The zero-order valence-electron chi connectivity index (χ0n) is 16.3. The fourth-order valence-corrected chi connectivity index (χ4v) is 3.66. The van der Waals surface area contributed by atoms with Crippen LogP contribution >= 0.6 is 0 Å². The summed E-state index contributed by atoms with van der Waals surface area (Å²) in [5, 5.41) is 9.43. The van der Waals surface area contributed by atoms with Crippen molar-refractivity contribution in [2.24, 2.45) is 0 Å². The van der Waals surface area contributed by atoms with Crippen LogP contribution in [-0.2, 0) is 22.4 Å². The van der Waals surface area contributed by atoms with Crippen LogP contribution in [0.25, 0.3) is 0 Å². The molecule has 0 N–H and O–H groups in total. The molecule has 1 aliphatic heterocycles. The van der Waals surface area contributed by atoms with Crippen molar-refractivity contribution >= 4 is 11.8 Å². The first-order valence-corrected chi connectivity index (χ1v) is 9.11. The lowest BCUT2D eigenvalue weighted by Gasteiger charge is -2.42. The summed E-state index contributed by atoms with van der Waals surface area (Å²) in [5.74, 6) is 0.295. The molecule has 144 valence electrons. The van der Waals surface area contributed by atoms with E-state index in [1.54, 1.807) is 32.3 Å². The summed E-state index contributed by atoms with van der Waals surface area (Å²) in [5.41, 5.74) is 2.09. The third kappa shape index (κ3) is 3.56. The second-order valence-corrected chi connectivity index (χ2v) is 6.92. The van der Waals surface area contributed by atoms with Crippen LogP contribution in [0.3, 0.4) is 0 Å². The van der Waals surface area contributed by atoms with E-state index in [0.29, 0.717) is 23.3 Å². The van der Waals surface area contributed by atoms with E-state index in [9.17, 15) is 14.9 Å². The van der Waals surface area contributed by atoms with Gasteiger partial charge in [0.25, 0.3) is 0 Å². The van der Waals surface area contributed by atoms with Crippen molar-refractivity contribution in [2.45, 2.75) is 24.9 Å². The molecular weight excluding hydrogens is 354 g/mol. The van der Waals surface area contributed by atoms with Crippen molar-refractivity contribution in [3.63, 3.8) is 0 Å². The Morgan fingerprint density at radius 3 is 2.11 bits per heavy atom. The second-order valence-electron chi connectivity index (χ2n) is 6.92. The van der Waals surface area contributed by atoms with Gasteiger partial charge < -0.3 is 14.5 Å². The number of rotatable bonds is 5. The van der Waals surface area contributed by atoms with E-state index >= 15 is 0 Å². The Kier molecular flexibility index (Phi) is 5.65. The third-order valence-corrected chi connectivity index (χ3v) is 5.34. The molecule has 6 heteroatoms. The summed E-state index contributed by atoms with van der Waals surface area (Å²) in [4.78, 5) is 29.2. The molecule has 0 radical (unpaired) electrons. The summed E-state index contributed by atoms with van der Waals surface area (Å²) in [7, 11) is 4.85. The summed E-state index contributed by atoms with van der Waals surface area (Å²) >= 11 is 0. The highest BCUT2D eigenvalue weighted by Crippen LogP contribution is 2.27. The fraction of sp³-hybridized carbons (Fsp3) is 0.318. The number of benzene rings is 2. The van der Waals surface area contributed by atoms with Crippen molar-refractivity contribution in [1.82, 2.24) is 9.80 Å². The maximum absolute atomic E-state index is 13.1. The Morgan fingerprint density at radius 1 is 0.929 bits per heavy atom. The highest BCUT2D eigenvalue weighted by atomic mass is 16.5. The zero-order valence-corrected chi connectivity index (χ0v) is 16.3. The summed E-state index contributed by atoms with van der Waals surface area (Å²) < 4.78 is 5.37. The number of hydrogen-bond donors (Lipinski definition) is 0. The Hall–Kier alpha value is -3.33. The first kappa shape index (κ1) is 19.4. The molecule has 1 aliphatic rings. The monoisotopic (exact) mass is 377 g/mol. The molecule has 0 spiro atoms. The molecule has 0 bridgehead atoms. The predicted octanol–water partition coefficient (Wildman–Crippen LogP) is 2.02. The maximum Gasteiger partial charge on any atom is 0.246 e. The summed E-state index contributed by atoms with van der Waals surface area (Å²) in [6.45, 7) is 0. The van der Waals surface area contributed by atoms with Crippen LogP contribution in [0.15, 0.2) is 48.5 Å². The lowest BCUT2D eigenvalue weighted by molar-refractivity contribution is -0.158. The molecule has 1 heterocycles. The minimum absolute atomic E-state index is 0.107. The molecule has 0 aromatic heterocycles. The van der Waals surface area contributed by atoms with E-state index < -0.39 is 12.1 Å². The number of piperazine rings is 1. The molecule has 28 heavy (non-hydrogen) atoms. The first-order chi connectivity index (χ1) is 13.5. The topological polar surface area (TPSA) is 73.6 Å². The van der Waals surface area contributed by atoms with E-state index in [2.05, 4.69) is 6.07 Å². The number of carbonyl (C=O) groups excluding carboxylic acids is 2. The maximum atomic E-state index is 13.1. The van der Waals surface area contributed by atoms with Gasteiger partial charge in [0.05, 0.1) is 18.7 Å². The van der Waals surface area contributed by atoms with Crippen LogP contribution in [0.2, 0.25) is 0 Å². The Balaban J connectivity index is 1.87. The molecule has 0 aliphatic carbocycles. The van der Waals surface area contributed by atoms with Gasteiger partial charge >= 0.3 is 0 Å². The third-order valence-electron chi connectivity index (χ3n) is 5.34. The van der Waals surface area contributed by atoms with Crippen LogP contribution < -0.4 is 4.74 Å². The van der Waals surface area contributed by atoms with Gasteiger partial charge in [-0.2, -0.15) is 5.26 Å². The van der Waals surface area contributed by atoms with Gasteiger partial charge in [-0.15, -0.1) is 0 Å². The average Bonchev–Trinajstić information content (AvgIpc) is 2.73. The van der Waals surface area contributed by atoms with E-state index in [0.717, 1.165) is 5.56 Å². The van der Waals surface area contributed by atoms with Crippen LogP contribution in [0.5, 0.6) is 5.75 Å². The van der Waals surface area contributed by atoms with Crippen molar-refractivity contribution in [1.29, 1.82) is 5.26 Å². The molecule has 2 unspecified atom stereocenters. The van der Waals surface area contributed by atoms with E-state index in [1.807, 2.05) is 30.3 Å². The largest absolute Gasteiger partial charge is 0.496 e. The predicted molar refractivity (Wildman–Crippen MR) is 105 cm³/mol. The molecule has 2 amide bonds. The molecule has 1 saturated heterocycles. The van der Waals surface area contributed by atoms with E-state index in [4.69, 9.17) is 4.74 Å². The van der Waals surface area contributed by atoms with Crippen LogP contribution in [0.1, 0.15) is 16.7 Å². The second kappa shape index (κ2) is 8.13. The zero-order chi connectivity index (χ0) is 20.3. The fourth-order valence-electron chi connectivity index (χ4n) is 3.66. The number of ether oxygens (including phenoxy) is 1. The van der Waals surface area contributed by atoms with Crippen molar-refractivity contribution in [3.8, 4) is 11.8 Å². The van der Waals surface area contributed by atoms with Gasteiger partial charge in [-0.3, -0.25) is 9.59 Å². The number of nitriles is 1. The minimum atomic E-state index is -0.673. The highest BCUT2D eigenvalue weighted by molar-refractivity contribution is 5.97. The lowest BCUT2D eigenvalue weighted by atomic mass is 9.93. The number of likely N-dealkylation sites (N-methyl/N-ethyl adjacent to an activating group) is 2. The van der Waals surface area contributed by atoms with E-state index in [1.165, 1.54) is 16.9 Å². The summed E-state index contributed by atoms with van der Waals surface area (Å²) in [6, 6.07) is 15.8. The van der Waals surface area contributed by atoms with Gasteiger partial charge in [0.15, 0.2) is 0 Å². The van der Waals surface area contributed by atoms with Crippen molar-refractivity contribution < 1.29 is 14.3 Å². The summed E-state index contributed by atoms with van der Waals surface area (Å²) in [6.07, 6.45) is 0.702. The van der Waals surface area contributed by atoms with Gasteiger partial charge in [-0.25, -0.2) is 0 Å². The minimum Gasteiger partial charge on any atom is -0.496 e. The first-order valence-electron chi connectivity index (χ1n) is 9.11. The van der Waals surface area contributed by atoms with E-state index in [-0.39, 0.29) is 18.2 Å². The Morgan fingerprint density at radius 2 is 1.54 bits per heavy atom. The van der Waals surface area contributed by atoms with Gasteiger partial charge in [0.2, 0.25) is 11.8 Å². The van der Waals surface area contributed by atoms with Crippen molar-refractivity contribution in [3.05, 3.63) is 65.2 Å².